The average Bonchev–Trinajstić information content (AvgIpc) is 2.94. The number of hydrogen-bond donors (Lipinski definition) is 2. The van der Waals surface area contributed by atoms with E-state index in [9.17, 15) is 19.2 Å². The smallest absolute Gasteiger partial charge is 0.321 e. The Bertz CT molecular complexity index is 905. The zero-order chi connectivity index (χ0) is 27.7. The van der Waals surface area contributed by atoms with Gasteiger partial charge in [-0.3, -0.25) is 9.59 Å². The molecule has 2 fully saturated rings. The van der Waals surface area contributed by atoms with Crippen molar-refractivity contribution in [3.8, 4) is 0 Å². The minimum atomic E-state index is -0.251. The largest absolute Gasteiger partial charge is 0.343 e. The van der Waals surface area contributed by atoms with Crippen molar-refractivity contribution in [1.29, 1.82) is 0 Å². The lowest BCUT2D eigenvalue weighted by Gasteiger charge is -2.34. The Morgan fingerprint density at radius 2 is 1.13 bits per heavy atom. The SMILES string of the molecule is CCN(CC)C(=O)[C@@H]1CCCN(C(=O)Nc2cccc(NC(=O)N3CCC[C@@H](C(=O)N(CC)CC)C3)c2)C1. The van der Waals surface area contributed by atoms with E-state index in [4.69, 9.17) is 0 Å². The molecular weight excluding hydrogens is 484 g/mol. The highest BCUT2D eigenvalue weighted by Crippen LogP contribution is 2.23. The number of amides is 6. The summed E-state index contributed by atoms with van der Waals surface area (Å²) in [7, 11) is 0. The molecule has 2 aliphatic heterocycles. The van der Waals surface area contributed by atoms with E-state index in [1.165, 1.54) is 0 Å². The van der Waals surface area contributed by atoms with Crippen LogP contribution >= 0.6 is 0 Å². The Morgan fingerprint density at radius 3 is 1.50 bits per heavy atom. The number of rotatable bonds is 8. The lowest BCUT2D eigenvalue weighted by atomic mass is 9.96. The van der Waals surface area contributed by atoms with E-state index in [1.54, 1.807) is 34.1 Å². The van der Waals surface area contributed by atoms with Crippen LogP contribution in [0.4, 0.5) is 21.0 Å². The number of carbonyl (C=O) groups is 4. The molecule has 10 heteroatoms. The van der Waals surface area contributed by atoms with Crippen molar-refractivity contribution in [3.63, 3.8) is 0 Å². The first-order valence-corrected chi connectivity index (χ1v) is 14.1. The van der Waals surface area contributed by atoms with Crippen molar-refractivity contribution >= 4 is 35.3 Å². The van der Waals surface area contributed by atoms with E-state index in [1.807, 2.05) is 37.5 Å². The molecule has 1 aromatic rings. The molecule has 0 radical (unpaired) electrons. The van der Waals surface area contributed by atoms with E-state index in [2.05, 4.69) is 10.6 Å². The molecule has 0 aromatic heterocycles. The van der Waals surface area contributed by atoms with Crippen LogP contribution in [0.25, 0.3) is 0 Å². The Hall–Kier alpha value is -3.30. The number of benzene rings is 1. The first-order chi connectivity index (χ1) is 18.3. The molecule has 38 heavy (non-hydrogen) atoms. The predicted octanol–water partition coefficient (Wildman–Crippen LogP) is 3.91. The second kappa shape index (κ2) is 14.0. The van der Waals surface area contributed by atoms with E-state index in [0.29, 0.717) is 63.7 Å². The van der Waals surface area contributed by atoms with Gasteiger partial charge in [0.1, 0.15) is 0 Å². The van der Waals surface area contributed by atoms with Crippen molar-refractivity contribution in [2.75, 3.05) is 63.0 Å². The predicted molar refractivity (Wildman–Crippen MR) is 149 cm³/mol. The topological polar surface area (TPSA) is 105 Å². The number of piperidine rings is 2. The molecule has 10 nitrogen and oxygen atoms in total. The van der Waals surface area contributed by atoms with Gasteiger partial charge in [-0.25, -0.2) is 9.59 Å². The van der Waals surface area contributed by atoms with Crippen LogP contribution in [0.15, 0.2) is 24.3 Å². The van der Waals surface area contributed by atoms with Gasteiger partial charge in [0.15, 0.2) is 0 Å². The van der Waals surface area contributed by atoms with Crippen LogP contribution in [0.1, 0.15) is 53.4 Å². The third-order valence-electron chi connectivity index (χ3n) is 7.63. The molecule has 2 N–H and O–H groups in total. The maximum absolute atomic E-state index is 13.0. The zero-order valence-corrected chi connectivity index (χ0v) is 23.4. The number of carbonyl (C=O) groups excluding carboxylic acids is 4. The fourth-order valence-electron chi connectivity index (χ4n) is 5.39. The second-order valence-corrected chi connectivity index (χ2v) is 10.0. The lowest BCUT2D eigenvalue weighted by molar-refractivity contribution is -0.137. The van der Waals surface area contributed by atoms with Gasteiger partial charge in [-0.15, -0.1) is 0 Å². The maximum atomic E-state index is 13.0. The second-order valence-electron chi connectivity index (χ2n) is 10.0. The van der Waals surface area contributed by atoms with Crippen LogP contribution in [0.2, 0.25) is 0 Å². The van der Waals surface area contributed by atoms with Crippen molar-refractivity contribution in [2.45, 2.75) is 53.4 Å². The summed E-state index contributed by atoms with van der Waals surface area (Å²) >= 11 is 0. The highest BCUT2D eigenvalue weighted by atomic mass is 16.2. The fraction of sp³-hybridized carbons (Fsp3) is 0.643. The normalized spacial score (nSPS) is 19.5. The van der Waals surface area contributed by atoms with Gasteiger partial charge >= 0.3 is 12.1 Å². The van der Waals surface area contributed by atoms with Crippen LogP contribution in [0.3, 0.4) is 0 Å². The third kappa shape index (κ3) is 7.39. The van der Waals surface area contributed by atoms with E-state index in [-0.39, 0.29) is 35.7 Å². The van der Waals surface area contributed by atoms with Crippen LogP contribution in [-0.4, -0.2) is 95.8 Å². The Kier molecular flexibility index (Phi) is 10.8. The molecule has 0 bridgehead atoms. The molecule has 3 rings (SSSR count). The van der Waals surface area contributed by atoms with Gasteiger partial charge < -0.3 is 30.2 Å². The molecule has 2 heterocycles. The summed E-state index contributed by atoms with van der Waals surface area (Å²) in [4.78, 5) is 58.6. The third-order valence-corrected chi connectivity index (χ3v) is 7.63. The van der Waals surface area contributed by atoms with Gasteiger partial charge in [-0.1, -0.05) is 6.07 Å². The lowest BCUT2D eigenvalue weighted by Crippen LogP contribution is -2.48. The molecule has 2 aliphatic rings. The highest BCUT2D eigenvalue weighted by Gasteiger charge is 2.32. The van der Waals surface area contributed by atoms with E-state index < -0.39 is 0 Å². The number of anilines is 2. The Labute approximate surface area is 226 Å². The van der Waals surface area contributed by atoms with Gasteiger partial charge in [0.25, 0.3) is 0 Å². The molecule has 0 aliphatic carbocycles. The molecule has 2 saturated heterocycles. The van der Waals surface area contributed by atoms with Gasteiger partial charge in [0.05, 0.1) is 11.8 Å². The molecular formula is C28H44N6O4. The zero-order valence-electron chi connectivity index (χ0n) is 23.4. The number of hydrogen-bond acceptors (Lipinski definition) is 4. The molecule has 2 atom stereocenters. The van der Waals surface area contributed by atoms with Crippen molar-refractivity contribution < 1.29 is 19.2 Å². The molecule has 0 unspecified atom stereocenters. The minimum absolute atomic E-state index is 0.107. The van der Waals surface area contributed by atoms with Crippen LogP contribution in [0, 0.1) is 11.8 Å². The molecule has 1 aromatic carbocycles. The summed E-state index contributed by atoms with van der Waals surface area (Å²) in [6, 6.07) is 6.54. The van der Waals surface area contributed by atoms with Gasteiger partial charge in [0, 0.05) is 63.7 Å². The standard InChI is InChI=1S/C28H44N6O4/c1-5-31(6-2)25(35)21-12-10-16-33(19-21)27(37)29-23-14-9-15-24(18-23)30-28(38)34-17-11-13-22(20-34)26(36)32(7-3)8-4/h9,14-15,18,21-22H,5-8,10-13,16-17,19-20H2,1-4H3,(H,29,37)(H,30,38)/t21-,22-/m1/s1. The number of nitrogens with one attached hydrogen (secondary N) is 2. The molecule has 6 amide bonds. The van der Waals surface area contributed by atoms with Crippen molar-refractivity contribution in [1.82, 2.24) is 19.6 Å². The first-order valence-electron chi connectivity index (χ1n) is 14.1. The molecule has 210 valence electrons. The van der Waals surface area contributed by atoms with Gasteiger partial charge in [0.2, 0.25) is 11.8 Å². The average molecular weight is 529 g/mol. The quantitative estimate of drug-likeness (QED) is 0.534. The number of nitrogens with zero attached hydrogens (tertiary/aromatic N) is 4. The van der Waals surface area contributed by atoms with Crippen LogP contribution in [0.5, 0.6) is 0 Å². The van der Waals surface area contributed by atoms with Crippen LogP contribution in [-0.2, 0) is 9.59 Å². The van der Waals surface area contributed by atoms with Gasteiger partial charge in [-0.05, 0) is 71.6 Å². The van der Waals surface area contributed by atoms with Crippen LogP contribution < -0.4 is 10.6 Å². The summed E-state index contributed by atoms with van der Waals surface area (Å²) in [6.07, 6.45) is 3.15. The van der Waals surface area contributed by atoms with E-state index >= 15 is 0 Å². The summed E-state index contributed by atoms with van der Waals surface area (Å²) < 4.78 is 0. The number of urea groups is 2. The van der Waals surface area contributed by atoms with Crippen molar-refractivity contribution in [3.05, 3.63) is 24.3 Å². The fourth-order valence-corrected chi connectivity index (χ4v) is 5.39. The maximum Gasteiger partial charge on any atom is 0.321 e. The summed E-state index contributed by atoms with van der Waals surface area (Å²) in [5, 5.41) is 5.83. The number of likely N-dealkylation sites (tertiary alicyclic amines) is 2. The Morgan fingerprint density at radius 1 is 0.737 bits per heavy atom. The molecule has 0 spiro atoms. The first kappa shape index (κ1) is 29.3. The summed E-state index contributed by atoms with van der Waals surface area (Å²) in [5.74, 6) is -0.143. The summed E-state index contributed by atoms with van der Waals surface area (Å²) in [6.45, 7) is 12.6. The van der Waals surface area contributed by atoms with E-state index in [0.717, 1.165) is 25.7 Å². The monoisotopic (exact) mass is 528 g/mol. The summed E-state index contributed by atoms with van der Waals surface area (Å²) in [5.41, 5.74) is 1.14. The molecule has 0 saturated carbocycles. The minimum Gasteiger partial charge on any atom is -0.343 e. The van der Waals surface area contributed by atoms with Gasteiger partial charge in [-0.2, -0.15) is 0 Å². The highest BCUT2D eigenvalue weighted by molar-refractivity contribution is 5.93. The van der Waals surface area contributed by atoms with Crippen molar-refractivity contribution in [2.24, 2.45) is 11.8 Å². The Balaban J connectivity index is 1.57.